The van der Waals surface area contributed by atoms with Gasteiger partial charge in [0.1, 0.15) is 0 Å². The van der Waals surface area contributed by atoms with Gasteiger partial charge in [0, 0.05) is 30.9 Å². The van der Waals surface area contributed by atoms with Crippen molar-refractivity contribution in [3.05, 3.63) is 0 Å². The van der Waals surface area contributed by atoms with Gasteiger partial charge in [0.15, 0.2) is 5.60 Å². The van der Waals surface area contributed by atoms with E-state index in [0.717, 1.165) is 31.3 Å². The number of amides is 1. The van der Waals surface area contributed by atoms with E-state index in [1.807, 2.05) is 0 Å². The average molecular weight is 284 g/mol. The minimum Gasteiger partial charge on any atom is -0.379 e. The van der Waals surface area contributed by atoms with Crippen LogP contribution in [-0.2, 0) is 4.79 Å². The summed E-state index contributed by atoms with van der Waals surface area (Å²) >= 11 is 1.67. The predicted molar refractivity (Wildman–Crippen MR) is 77.3 cm³/mol. The number of nitrogens with one attached hydrogen (secondary N) is 1. The zero-order chi connectivity index (χ0) is 13.3. The first-order valence-corrected chi connectivity index (χ1v) is 8.68. The third kappa shape index (κ3) is 2.93. The lowest BCUT2D eigenvalue weighted by Gasteiger charge is -2.25. The van der Waals surface area contributed by atoms with Crippen LogP contribution in [-0.4, -0.2) is 58.2 Å². The molecule has 3 rings (SSSR count). The summed E-state index contributed by atoms with van der Waals surface area (Å²) in [6.07, 6.45) is 6.99. The number of hydrogen-bond acceptors (Lipinski definition) is 4. The molecule has 108 valence electrons. The van der Waals surface area contributed by atoms with Crippen molar-refractivity contribution in [3.8, 4) is 0 Å². The summed E-state index contributed by atoms with van der Waals surface area (Å²) in [5.74, 6) is 1.30. The highest BCUT2D eigenvalue weighted by Gasteiger charge is 2.41. The van der Waals surface area contributed by atoms with Crippen LogP contribution < -0.4 is 5.32 Å². The van der Waals surface area contributed by atoms with Gasteiger partial charge in [0.2, 0.25) is 0 Å². The van der Waals surface area contributed by atoms with E-state index < -0.39 is 5.60 Å². The summed E-state index contributed by atoms with van der Waals surface area (Å²) in [5.41, 5.74) is -1.11. The highest BCUT2D eigenvalue weighted by molar-refractivity contribution is 7.99. The fraction of sp³-hybridized carbons (Fsp3) is 0.929. The Kier molecular flexibility index (Phi) is 4.06. The van der Waals surface area contributed by atoms with Crippen LogP contribution in [0.1, 0.15) is 38.5 Å². The van der Waals surface area contributed by atoms with Gasteiger partial charge in [-0.2, -0.15) is 11.8 Å². The van der Waals surface area contributed by atoms with Crippen LogP contribution >= 0.6 is 11.8 Å². The SMILES string of the molecule is O=C(NC1CCN(C2CCCC2)C1)C1(O)CCSC1. The Morgan fingerprint density at radius 1 is 1.32 bits per heavy atom. The zero-order valence-corrected chi connectivity index (χ0v) is 12.3. The van der Waals surface area contributed by atoms with Crippen LogP contribution in [0, 0.1) is 0 Å². The van der Waals surface area contributed by atoms with Gasteiger partial charge in [0.05, 0.1) is 0 Å². The molecule has 2 heterocycles. The van der Waals surface area contributed by atoms with Crippen LogP contribution in [0.4, 0.5) is 0 Å². The number of aliphatic hydroxyl groups is 1. The summed E-state index contributed by atoms with van der Waals surface area (Å²) in [4.78, 5) is 14.7. The summed E-state index contributed by atoms with van der Waals surface area (Å²) < 4.78 is 0. The van der Waals surface area contributed by atoms with Gasteiger partial charge in [-0.1, -0.05) is 12.8 Å². The Morgan fingerprint density at radius 3 is 2.79 bits per heavy atom. The fourth-order valence-electron chi connectivity index (χ4n) is 3.56. The van der Waals surface area contributed by atoms with E-state index in [1.165, 1.54) is 25.7 Å². The van der Waals surface area contributed by atoms with Crippen molar-refractivity contribution in [1.29, 1.82) is 0 Å². The fourth-order valence-corrected chi connectivity index (χ4v) is 4.80. The number of nitrogens with zero attached hydrogens (tertiary/aromatic N) is 1. The van der Waals surface area contributed by atoms with Gasteiger partial charge in [-0.25, -0.2) is 0 Å². The second kappa shape index (κ2) is 5.62. The molecular formula is C14H24N2O2S. The Labute approximate surface area is 119 Å². The van der Waals surface area contributed by atoms with Gasteiger partial charge in [-0.3, -0.25) is 9.69 Å². The molecule has 19 heavy (non-hydrogen) atoms. The monoisotopic (exact) mass is 284 g/mol. The number of rotatable bonds is 3. The van der Waals surface area contributed by atoms with Crippen molar-refractivity contribution >= 4 is 17.7 Å². The van der Waals surface area contributed by atoms with Gasteiger partial charge in [0.25, 0.3) is 5.91 Å². The molecule has 2 saturated heterocycles. The summed E-state index contributed by atoms with van der Waals surface area (Å²) in [6, 6.07) is 0.981. The topological polar surface area (TPSA) is 52.6 Å². The van der Waals surface area contributed by atoms with Crippen molar-refractivity contribution in [2.45, 2.75) is 56.2 Å². The Morgan fingerprint density at radius 2 is 2.11 bits per heavy atom. The number of hydrogen-bond donors (Lipinski definition) is 2. The Bertz CT molecular complexity index is 338. The van der Waals surface area contributed by atoms with Crippen molar-refractivity contribution in [2.24, 2.45) is 0 Å². The third-order valence-electron chi connectivity index (χ3n) is 4.82. The van der Waals surface area contributed by atoms with Crippen LogP contribution in [0.5, 0.6) is 0 Å². The molecular weight excluding hydrogens is 260 g/mol. The highest BCUT2D eigenvalue weighted by atomic mass is 32.2. The molecule has 0 bridgehead atoms. The molecule has 2 unspecified atom stereocenters. The summed E-state index contributed by atoms with van der Waals surface area (Å²) in [5, 5.41) is 13.3. The summed E-state index contributed by atoms with van der Waals surface area (Å²) in [6.45, 7) is 2.07. The molecule has 0 radical (unpaired) electrons. The molecule has 1 aliphatic carbocycles. The van der Waals surface area contributed by atoms with E-state index in [-0.39, 0.29) is 11.9 Å². The molecule has 3 fully saturated rings. The molecule has 2 N–H and O–H groups in total. The molecule has 2 atom stereocenters. The van der Waals surface area contributed by atoms with E-state index in [9.17, 15) is 9.90 Å². The molecule has 1 saturated carbocycles. The minimum absolute atomic E-state index is 0.143. The first-order chi connectivity index (χ1) is 9.17. The predicted octanol–water partition coefficient (Wildman–Crippen LogP) is 0.987. The molecule has 3 aliphatic rings. The van der Waals surface area contributed by atoms with Crippen LogP contribution in [0.25, 0.3) is 0 Å². The largest absolute Gasteiger partial charge is 0.379 e. The van der Waals surface area contributed by atoms with Gasteiger partial charge in [-0.05, 0) is 31.4 Å². The number of likely N-dealkylation sites (tertiary alicyclic amines) is 1. The molecule has 2 aliphatic heterocycles. The molecule has 0 aromatic carbocycles. The molecule has 1 amide bonds. The maximum atomic E-state index is 12.2. The Hall–Kier alpha value is -0.260. The standard InChI is InChI=1S/C14H24N2O2S/c17-13(14(18)6-8-19-10-14)15-11-5-7-16(9-11)12-3-1-2-4-12/h11-12,18H,1-10H2,(H,15,17). The minimum atomic E-state index is -1.11. The van der Waals surface area contributed by atoms with Gasteiger partial charge in [-0.15, -0.1) is 0 Å². The number of thioether (sulfide) groups is 1. The lowest BCUT2D eigenvalue weighted by Crippen LogP contribution is -2.51. The van der Waals surface area contributed by atoms with Crippen LogP contribution in [0.3, 0.4) is 0 Å². The van der Waals surface area contributed by atoms with E-state index in [0.29, 0.717) is 12.2 Å². The van der Waals surface area contributed by atoms with E-state index in [4.69, 9.17) is 0 Å². The molecule has 0 aromatic heterocycles. The maximum absolute atomic E-state index is 12.2. The average Bonchev–Trinajstić information content (AvgIpc) is 3.08. The summed E-state index contributed by atoms with van der Waals surface area (Å²) in [7, 11) is 0. The quantitative estimate of drug-likeness (QED) is 0.811. The van der Waals surface area contributed by atoms with E-state index >= 15 is 0 Å². The van der Waals surface area contributed by atoms with Crippen LogP contribution in [0.15, 0.2) is 0 Å². The highest BCUT2D eigenvalue weighted by Crippen LogP contribution is 2.29. The van der Waals surface area contributed by atoms with Gasteiger partial charge >= 0.3 is 0 Å². The number of carbonyl (C=O) groups excluding carboxylic acids is 1. The second-order valence-electron chi connectivity index (χ2n) is 6.23. The van der Waals surface area contributed by atoms with E-state index in [2.05, 4.69) is 10.2 Å². The first-order valence-electron chi connectivity index (χ1n) is 7.52. The molecule has 0 aromatic rings. The second-order valence-corrected chi connectivity index (χ2v) is 7.33. The van der Waals surface area contributed by atoms with Crippen molar-refractivity contribution < 1.29 is 9.90 Å². The third-order valence-corrected chi connectivity index (χ3v) is 5.99. The molecule has 5 heteroatoms. The van der Waals surface area contributed by atoms with Gasteiger partial charge < -0.3 is 10.4 Å². The van der Waals surface area contributed by atoms with Crippen molar-refractivity contribution in [3.63, 3.8) is 0 Å². The lowest BCUT2D eigenvalue weighted by molar-refractivity contribution is -0.137. The smallest absolute Gasteiger partial charge is 0.253 e. The maximum Gasteiger partial charge on any atom is 0.253 e. The number of carbonyl (C=O) groups is 1. The zero-order valence-electron chi connectivity index (χ0n) is 11.4. The van der Waals surface area contributed by atoms with Crippen molar-refractivity contribution in [1.82, 2.24) is 10.2 Å². The van der Waals surface area contributed by atoms with Crippen molar-refractivity contribution in [2.75, 3.05) is 24.6 Å². The Balaban J connectivity index is 1.50. The molecule has 4 nitrogen and oxygen atoms in total. The molecule has 0 spiro atoms. The van der Waals surface area contributed by atoms with Crippen LogP contribution in [0.2, 0.25) is 0 Å². The lowest BCUT2D eigenvalue weighted by atomic mass is 10.0. The van der Waals surface area contributed by atoms with E-state index in [1.54, 1.807) is 11.8 Å². The first kappa shape index (κ1) is 13.7. The normalized spacial score (nSPS) is 37.0.